The molecule has 4 aromatic carbocycles. The van der Waals surface area contributed by atoms with Crippen molar-refractivity contribution in [3.05, 3.63) is 102 Å². The van der Waals surface area contributed by atoms with Gasteiger partial charge in [0.05, 0.1) is 0 Å². The highest BCUT2D eigenvalue weighted by Crippen LogP contribution is 2.27. The average Bonchev–Trinajstić information content (AvgIpc) is 2.54. The van der Waals surface area contributed by atoms with E-state index in [0.29, 0.717) is 0 Å². The van der Waals surface area contributed by atoms with Crippen LogP contribution in [0.2, 0.25) is 0 Å². The Balaban J connectivity index is 1.90. The van der Waals surface area contributed by atoms with Crippen LogP contribution in [0.3, 0.4) is 0 Å². The molecule has 0 aliphatic carbocycles. The second kappa shape index (κ2) is 5.06. The quantitative estimate of drug-likeness (QED) is 0.415. The van der Waals surface area contributed by atoms with E-state index in [9.17, 15) is 0 Å². The zero-order chi connectivity index (χ0) is 14.1. The molecule has 0 aliphatic rings. The van der Waals surface area contributed by atoms with Crippen LogP contribution in [0, 0.1) is 6.42 Å². The fraction of sp³-hybridized carbons (Fsp3) is 0. The minimum absolute atomic E-state index is 1.23. The summed E-state index contributed by atoms with van der Waals surface area (Å²) in [4.78, 5) is 0. The predicted molar refractivity (Wildman–Crippen MR) is 90.4 cm³/mol. The lowest BCUT2D eigenvalue weighted by molar-refractivity contribution is 1.46. The van der Waals surface area contributed by atoms with E-state index in [2.05, 4.69) is 85.3 Å². The van der Waals surface area contributed by atoms with Crippen LogP contribution in [-0.4, -0.2) is 0 Å². The summed E-state index contributed by atoms with van der Waals surface area (Å²) in [6, 6.07) is 30.1. The standard InChI is InChI=1S/C21H15/c1-2-7-16(8-3-1)13-19-11-6-12-20-14-17-9-4-5-10-18(17)15-21(19)20/h1-15H. The van der Waals surface area contributed by atoms with Crippen LogP contribution in [0.15, 0.2) is 84.9 Å². The van der Waals surface area contributed by atoms with E-state index in [0.717, 1.165) is 0 Å². The number of fused-ring (bicyclic) bond motifs is 2. The molecule has 1 radical (unpaired) electrons. The van der Waals surface area contributed by atoms with Crippen LogP contribution in [0.4, 0.5) is 0 Å². The summed E-state index contributed by atoms with van der Waals surface area (Å²) in [5.74, 6) is 0. The lowest BCUT2D eigenvalue weighted by Crippen LogP contribution is -1.87. The zero-order valence-electron chi connectivity index (χ0n) is 11.7. The largest absolute Gasteiger partial charge is 0.0622 e. The number of hydrogen-bond donors (Lipinski definition) is 0. The molecule has 0 saturated carbocycles. The first kappa shape index (κ1) is 12.2. The molecule has 99 valence electrons. The first-order valence-electron chi connectivity index (χ1n) is 7.21. The topological polar surface area (TPSA) is 0 Å². The van der Waals surface area contributed by atoms with Gasteiger partial charge in [-0.1, -0.05) is 72.8 Å². The van der Waals surface area contributed by atoms with Crippen molar-refractivity contribution in [3.63, 3.8) is 0 Å². The second-order valence-corrected chi connectivity index (χ2v) is 5.32. The molecule has 21 heavy (non-hydrogen) atoms. The van der Waals surface area contributed by atoms with Crippen LogP contribution in [0.5, 0.6) is 0 Å². The Morgan fingerprint density at radius 3 is 2.00 bits per heavy atom. The van der Waals surface area contributed by atoms with E-state index >= 15 is 0 Å². The molecule has 0 saturated heterocycles. The van der Waals surface area contributed by atoms with E-state index in [1.165, 1.54) is 32.7 Å². The molecule has 0 aromatic heterocycles. The van der Waals surface area contributed by atoms with E-state index < -0.39 is 0 Å². The lowest BCUT2D eigenvalue weighted by atomic mass is 9.96. The van der Waals surface area contributed by atoms with Gasteiger partial charge in [-0.15, -0.1) is 0 Å². The van der Waals surface area contributed by atoms with E-state index in [-0.39, 0.29) is 0 Å². The van der Waals surface area contributed by atoms with E-state index in [4.69, 9.17) is 0 Å². The van der Waals surface area contributed by atoms with Gasteiger partial charge in [0.15, 0.2) is 0 Å². The highest BCUT2D eigenvalue weighted by molar-refractivity contribution is 6.00. The van der Waals surface area contributed by atoms with Crippen LogP contribution in [0.1, 0.15) is 11.1 Å². The van der Waals surface area contributed by atoms with Gasteiger partial charge in [0.25, 0.3) is 0 Å². The highest BCUT2D eigenvalue weighted by atomic mass is 14.1. The Morgan fingerprint density at radius 2 is 1.19 bits per heavy atom. The van der Waals surface area contributed by atoms with Crippen molar-refractivity contribution in [3.8, 4) is 0 Å². The molecule has 0 heteroatoms. The van der Waals surface area contributed by atoms with Gasteiger partial charge in [-0.3, -0.25) is 0 Å². The molecule has 0 atom stereocenters. The fourth-order valence-electron chi connectivity index (χ4n) is 2.85. The summed E-state index contributed by atoms with van der Waals surface area (Å²) in [5.41, 5.74) is 2.50. The summed E-state index contributed by atoms with van der Waals surface area (Å²) in [5, 5.41) is 5.18. The molecular formula is C21H15. The number of benzene rings is 4. The van der Waals surface area contributed by atoms with E-state index in [1.807, 2.05) is 6.07 Å². The summed E-state index contributed by atoms with van der Waals surface area (Å²) < 4.78 is 0. The summed E-state index contributed by atoms with van der Waals surface area (Å²) in [6.45, 7) is 0. The Bertz CT molecular complexity index is 905. The molecule has 0 N–H and O–H groups in total. The van der Waals surface area contributed by atoms with Crippen LogP contribution in [0.25, 0.3) is 21.5 Å². The maximum atomic E-state index is 2.29. The highest BCUT2D eigenvalue weighted by Gasteiger charge is 2.04. The van der Waals surface area contributed by atoms with Crippen molar-refractivity contribution in [2.45, 2.75) is 0 Å². The Morgan fingerprint density at radius 1 is 0.524 bits per heavy atom. The molecule has 0 amide bonds. The first-order chi connectivity index (χ1) is 10.4. The van der Waals surface area contributed by atoms with Gasteiger partial charge in [0.1, 0.15) is 0 Å². The Hall–Kier alpha value is -2.60. The van der Waals surface area contributed by atoms with Crippen molar-refractivity contribution in [2.75, 3.05) is 0 Å². The monoisotopic (exact) mass is 267 g/mol. The molecule has 4 aromatic rings. The minimum atomic E-state index is 1.23. The van der Waals surface area contributed by atoms with Crippen LogP contribution < -0.4 is 0 Å². The van der Waals surface area contributed by atoms with Gasteiger partial charge in [-0.25, -0.2) is 0 Å². The third-order valence-electron chi connectivity index (χ3n) is 3.90. The smallest absolute Gasteiger partial charge is 0.0205 e. The fourth-order valence-corrected chi connectivity index (χ4v) is 2.85. The molecule has 0 bridgehead atoms. The normalized spacial score (nSPS) is 11.0. The maximum absolute atomic E-state index is 2.29. The van der Waals surface area contributed by atoms with Crippen molar-refractivity contribution < 1.29 is 0 Å². The predicted octanol–water partition coefficient (Wildman–Crippen LogP) is 5.59. The molecule has 4 rings (SSSR count). The van der Waals surface area contributed by atoms with Gasteiger partial charge in [-0.2, -0.15) is 0 Å². The third-order valence-corrected chi connectivity index (χ3v) is 3.90. The molecular weight excluding hydrogens is 252 g/mol. The van der Waals surface area contributed by atoms with Gasteiger partial charge in [0.2, 0.25) is 0 Å². The molecule has 0 nitrogen and oxygen atoms in total. The lowest BCUT2D eigenvalue weighted by Gasteiger charge is -2.08. The first-order valence-corrected chi connectivity index (χ1v) is 7.21. The minimum Gasteiger partial charge on any atom is -0.0622 e. The van der Waals surface area contributed by atoms with Crippen LogP contribution >= 0.6 is 0 Å². The third kappa shape index (κ3) is 2.30. The Labute approximate surface area is 124 Å². The molecule has 0 aliphatic heterocycles. The summed E-state index contributed by atoms with van der Waals surface area (Å²) in [7, 11) is 0. The zero-order valence-corrected chi connectivity index (χ0v) is 11.7. The van der Waals surface area contributed by atoms with Crippen molar-refractivity contribution in [1.82, 2.24) is 0 Å². The summed E-state index contributed by atoms with van der Waals surface area (Å²) >= 11 is 0. The number of rotatable bonds is 2. The van der Waals surface area contributed by atoms with Crippen LogP contribution in [-0.2, 0) is 0 Å². The maximum Gasteiger partial charge on any atom is 0.0205 e. The summed E-state index contributed by atoms with van der Waals surface area (Å²) in [6.07, 6.45) is 2.25. The SMILES string of the molecule is [CH](c1ccccc1)c1cccc2cc3ccccc3cc12. The molecule has 0 heterocycles. The van der Waals surface area contributed by atoms with Gasteiger partial charge in [0, 0.05) is 6.42 Å². The molecule has 0 fully saturated rings. The van der Waals surface area contributed by atoms with Crippen molar-refractivity contribution in [2.24, 2.45) is 0 Å². The Kier molecular flexibility index (Phi) is 2.93. The van der Waals surface area contributed by atoms with Gasteiger partial charge >= 0.3 is 0 Å². The van der Waals surface area contributed by atoms with Crippen molar-refractivity contribution >= 4 is 21.5 Å². The van der Waals surface area contributed by atoms with Gasteiger partial charge < -0.3 is 0 Å². The van der Waals surface area contributed by atoms with Gasteiger partial charge in [-0.05, 0) is 44.8 Å². The number of hydrogen-bond acceptors (Lipinski definition) is 0. The molecule has 0 spiro atoms. The average molecular weight is 267 g/mol. The second-order valence-electron chi connectivity index (χ2n) is 5.32. The van der Waals surface area contributed by atoms with E-state index in [1.54, 1.807) is 0 Å². The molecule has 0 unspecified atom stereocenters. The van der Waals surface area contributed by atoms with Crippen molar-refractivity contribution in [1.29, 1.82) is 0 Å².